The van der Waals surface area contributed by atoms with Crippen molar-refractivity contribution in [2.24, 2.45) is 0 Å². The van der Waals surface area contributed by atoms with Crippen LogP contribution in [0, 0.1) is 5.82 Å². The number of halogens is 2. The van der Waals surface area contributed by atoms with Crippen LogP contribution in [0.1, 0.15) is 12.7 Å². The van der Waals surface area contributed by atoms with E-state index in [0.29, 0.717) is 6.42 Å². The van der Waals surface area contributed by atoms with Crippen molar-refractivity contribution < 1.29 is 9.18 Å². The highest BCUT2D eigenvalue weighted by Crippen LogP contribution is 2.20. The van der Waals surface area contributed by atoms with Crippen molar-refractivity contribution in [3.63, 3.8) is 0 Å². The van der Waals surface area contributed by atoms with Gasteiger partial charge in [-0.3, -0.25) is 4.79 Å². The predicted octanol–water partition coefficient (Wildman–Crippen LogP) is 4.03. The molecule has 0 aliphatic heterocycles. The first kappa shape index (κ1) is 15.5. The van der Waals surface area contributed by atoms with Crippen molar-refractivity contribution in [1.29, 1.82) is 0 Å². The molecule has 0 saturated carbocycles. The summed E-state index contributed by atoms with van der Waals surface area (Å²) in [7, 11) is 0. The molecule has 0 unspecified atom stereocenters. The second-order valence-corrected chi connectivity index (χ2v) is 5.57. The highest BCUT2D eigenvalue weighted by Gasteiger charge is 2.13. The molecule has 1 amide bonds. The number of imidazole rings is 1. The molecule has 6 heteroatoms. The van der Waals surface area contributed by atoms with Crippen LogP contribution in [0.15, 0.2) is 42.5 Å². The highest BCUT2D eigenvalue weighted by atomic mass is 35.5. The van der Waals surface area contributed by atoms with E-state index < -0.39 is 5.82 Å². The van der Waals surface area contributed by atoms with Gasteiger partial charge in [0.1, 0.15) is 18.2 Å². The molecule has 3 aromatic rings. The van der Waals surface area contributed by atoms with E-state index in [4.69, 9.17) is 11.6 Å². The first-order valence-corrected chi connectivity index (χ1v) is 7.65. The minimum atomic E-state index is -0.558. The van der Waals surface area contributed by atoms with E-state index in [-0.39, 0.29) is 23.2 Å². The number of benzene rings is 2. The van der Waals surface area contributed by atoms with Crippen molar-refractivity contribution >= 4 is 34.2 Å². The molecule has 0 aliphatic rings. The number of hydrogen-bond acceptors (Lipinski definition) is 2. The minimum absolute atomic E-state index is 0.0752. The molecule has 0 atom stereocenters. The fourth-order valence-corrected chi connectivity index (χ4v) is 2.65. The molecule has 0 saturated heterocycles. The summed E-state index contributed by atoms with van der Waals surface area (Å²) in [6, 6.07) is 11.8. The zero-order chi connectivity index (χ0) is 16.4. The van der Waals surface area contributed by atoms with Crippen molar-refractivity contribution in [3.8, 4) is 0 Å². The number of rotatable bonds is 4. The Labute approximate surface area is 137 Å². The third-order valence-corrected chi connectivity index (χ3v) is 3.79. The van der Waals surface area contributed by atoms with Crippen LogP contribution >= 0.6 is 11.6 Å². The molecule has 1 N–H and O–H groups in total. The number of aromatic nitrogens is 2. The number of fused-ring (bicyclic) bond motifs is 1. The monoisotopic (exact) mass is 331 g/mol. The summed E-state index contributed by atoms with van der Waals surface area (Å²) in [5, 5.41) is 2.86. The summed E-state index contributed by atoms with van der Waals surface area (Å²) in [6.07, 6.45) is 0.706. The van der Waals surface area contributed by atoms with Gasteiger partial charge in [-0.05, 0) is 30.3 Å². The van der Waals surface area contributed by atoms with E-state index in [1.54, 1.807) is 0 Å². The lowest BCUT2D eigenvalue weighted by Gasteiger charge is -2.10. The number of nitrogens with one attached hydrogen (secondary N) is 1. The van der Waals surface area contributed by atoms with E-state index in [2.05, 4.69) is 10.3 Å². The van der Waals surface area contributed by atoms with Gasteiger partial charge in [0.05, 0.1) is 16.7 Å². The lowest BCUT2D eigenvalue weighted by atomic mass is 10.3. The van der Waals surface area contributed by atoms with E-state index in [9.17, 15) is 9.18 Å². The Morgan fingerprint density at radius 2 is 2.09 bits per heavy atom. The summed E-state index contributed by atoms with van der Waals surface area (Å²) in [6.45, 7) is 2.06. The van der Waals surface area contributed by atoms with Crippen LogP contribution in [0.25, 0.3) is 11.0 Å². The molecule has 0 spiro atoms. The molecule has 0 fully saturated rings. The van der Waals surface area contributed by atoms with Gasteiger partial charge in [0, 0.05) is 11.4 Å². The maximum absolute atomic E-state index is 13.8. The first-order chi connectivity index (χ1) is 11.1. The maximum atomic E-state index is 13.8. The molecule has 4 nitrogen and oxygen atoms in total. The molecule has 23 heavy (non-hydrogen) atoms. The topological polar surface area (TPSA) is 46.9 Å². The number of hydrogen-bond donors (Lipinski definition) is 1. The van der Waals surface area contributed by atoms with Crippen molar-refractivity contribution in [3.05, 3.63) is 59.1 Å². The molecule has 1 heterocycles. The van der Waals surface area contributed by atoms with Crippen LogP contribution in [-0.4, -0.2) is 15.5 Å². The molecular formula is C17H15ClFN3O. The van der Waals surface area contributed by atoms with Crippen molar-refractivity contribution in [2.75, 3.05) is 5.32 Å². The van der Waals surface area contributed by atoms with E-state index in [0.717, 1.165) is 16.9 Å². The Morgan fingerprint density at radius 1 is 1.30 bits per heavy atom. The number of carbonyl (C=O) groups excluding carboxylic acids is 1. The molecule has 0 aliphatic carbocycles. The van der Waals surface area contributed by atoms with Crippen molar-refractivity contribution in [1.82, 2.24) is 9.55 Å². The number of nitrogens with zero attached hydrogens (tertiary/aromatic N) is 2. The summed E-state index contributed by atoms with van der Waals surface area (Å²) >= 11 is 5.71. The average molecular weight is 332 g/mol. The molecule has 1 aromatic heterocycles. The zero-order valence-corrected chi connectivity index (χ0v) is 13.3. The molecule has 2 aromatic carbocycles. The molecule has 118 valence electrons. The van der Waals surface area contributed by atoms with Gasteiger partial charge in [-0.1, -0.05) is 30.7 Å². The largest absolute Gasteiger partial charge is 0.322 e. The van der Waals surface area contributed by atoms with Crippen LogP contribution in [-0.2, 0) is 17.8 Å². The number of anilines is 1. The Morgan fingerprint density at radius 3 is 2.83 bits per heavy atom. The van der Waals surface area contributed by atoms with Gasteiger partial charge in [0.25, 0.3) is 0 Å². The third-order valence-electron chi connectivity index (χ3n) is 3.56. The fourth-order valence-electron chi connectivity index (χ4n) is 2.50. The minimum Gasteiger partial charge on any atom is -0.322 e. The number of amides is 1. The zero-order valence-electron chi connectivity index (χ0n) is 12.5. The molecule has 3 rings (SSSR count). The van der Waals surface area contributed by atoms with E-state index >= 15 is 0 Å². The maximum Gasteiger partial charge on any atom is 0.244 e. The summed E-state index contributed by atoms with van der Waals surface area (Å²) in [5.74, 6) is -0.0564. The fraction of sp³-hybridized carbons (Fsp3) is 0.176. The summed E-state index contributed by atoms with van der Waals surface area (Å²) in [4.78, 5) is 16.8. The third kappa shape index (κ3) is 3.19. The standard InChI is InChI=1S/C17H15ClFN3O/c1-2-16-20-14-5-3-4-6-15(14)22(16)10-17(23)21-13-8-7-11(18)9-12(13)19/h3-9H,2,10H2,1H3,(H,21,23). The summed E-state index contributed by atoms with van der Waals surface area (Å²) < 4.78 is 15.6. The van der Waals surface area contributed by atoms with Gasteiger partial charge in [-0.25, -0.2) is 9.37 Å². The number of carbonyl (C=O) groups is 1. The number of aryl methyl sites for hydroxylation is 1. The van der Waals surface area contributed by atoms with Gasteiger partial charge in [0.15, 0.2) is 0 Å². The van der Waals surface area contributed by atoms with Gasteiger partial charge in [-0.15, -0.1) is 0 Å². The van der Waals surface area contributed by atoms with Crippen molar-refractivity contribution in [2.45, 2.75) is 19.9 Å². The molecular weight excluding hydrogens is 317 g/mol. The Balaban J connectivity index is 1.85. The Kier molecular flexibility index (Phi) is 4.30. The first-order valence-electron chi connectivity index (χ1n) is 7.27. The van der Waals surface area contributed by atoms with Gasteiger partial charge >= 0.3 is 0 Å². The predicted molar refractivity (Wildman–Crippen MR) is 89.2 cm³/mol. The van der Waals surface area contributed by atoms with Crippen LogP contribution < -0.4 is 5.32 Å². The lowest BCUT2D eigenvalue weighted by molar-refractivity contribution is -0.116. The normalized spacial score (nSPS) is 10.9. The Hall–Kier alpha value is -2.40. The van der Waals surface area contributed by atoms with Gasteiger partial charge in [-0.2, -0.15) is 0 Å². The molecule has 0 radical (unpaired) electrons. The van der Waals surface area contributed by atoms with Crippen LogP contribution in [0.3, 0.4) is 0 Å². The van der Waals surface area contributed by atoms with Crippen LogP contribution in [0.4, 0.5) is 10.1 Å². The second-order valence-electron chi connectivity index (χ2n) is 5.13. The smallest absolute Gasteiger partial charge is 0.244 e. The van der Waals surface area contributed by atoms with Crippen LogP contribution in [0.2, 0.25) is 5.02 Å². The SMILES string of the molecule is CCc1nc2ccccc2n1CC(=O)Nc1ccc(Cl)cc1F. The van der Waals surface area contributed by atoms with Crippen LogP contribution in [0.5, 0.6) is 0 Å². The number of para-hydroxylation sites is 2. The van der Waals surface area contributed by atoms with E-state index in [1.807, 2.05) is 35.8 Å². The van der Waals surface area contributed by atoms with Gasteiger partial charge in [0.2, 0.25) is 5.91 Å². The Bertz CT molecular complexity index is 875. The summed E-state index contributed by atoms with van der Waals surface area (Å²) in [5.41, 5.74) is 1.84. The highest BCUT2D eigenvalue weighted by molar-refractivity contribution is 6.30. The second kappa shape index (κ2) is 6.38. The van der Waals surface area contributed by atoms with E-state index in [1.165, 1.54) is 18.2 Å². The molecule has 0 bridgehead atoms. The average Bonchev–Trinajstić information content (AvgIpc) is 2.88. The lowest BCUT2D eigenvalue weighted by Crippen LogP contribution is -2.20. The quantitative estimate of drug-likeness (QED) is 0.784. The van der Waals surface area contributed by atoms with Gasteiger partial charge < -0.3 is 9.88 Å².